The monoisotopic (exact) mass is 301 g/mol. The second-order valence-electron chi connectivity index (χ2n) is 3.67. The summed E-state index contributed by atoms with van der Waals surface area (Å²) >= 11 is 4.77. The number of sulfonamides is 1. The molecule has 0 aliphatic carbocycles. The van der Waals surface area contributed by atoms with Gasteiger partial charge in [-0.15, -0.1) is 0 Å². The van der Waals surface area contributed by atoms with Gasteiger partial charge in [0.1, 0.15) is 4.99 Å². The van der Waals surface area contributed by atoms with Gasteiger partial charge in [-0.1, -0.05) is 24.4 Å². The molecule has 0 atom stereocenters. The molecule has 1 rings (SSSR count). The fraction of sp³-hybridized carbons (Fsp3) is 0.273. The van der Waals surface area contributed by atoms with E-state index >= 15 is 0 Å². The van der Waals surface area contributed by atoms with Gasteiger partial charge in [0.25, 0.3) is 0 Å². The number of rotatable bonds is 6. The van der Waals surface area contributed by atoms with E-state index in [1.165, 1.54) is 24.3 Å². The Bertz CT molecular complexity index is 567. The molecule has 0 radical (unpaired) electrons. The smallest absolute Gasteiger partial charge is 0.241 e. The maximum absolute atomic E-state index is 11.9. The van der Waals surface area contributed by atoms with E-state index in [9.17, 15) is 13.2 Å². The van der Waals surface area contributed by atoms with Gasteiger partial charge in [-0.25, -0.2) is 13.1 Å². The van der Waals surface area contributed by atoms with Gasteiger partial charge in [0.2, 0.25) is 15.9 Å². The molecule has 0 aliphatic rings. The van der Waals surface area contributed by atoms with E-state index in [1.807, 2.05) is 0 Å². The zero-order chi connectivity index (χ0) is 14.5. The summed E-state index contributed by atoms with van der Waals surface area (Å²) in [7, 11) is -3.71. The van der Waals surface area contributed by atoms with E-state index in [1.54, 1.807) is 6.92 Å². The lowest BCUT2D eigenvalue weighted by Gasteiger charge is -2.07. The molecule has 19 heavy (non-hydrogen) atoms. The summed E-state index contributed by atoms with van der Waals surface area (Å²) in [5.41, 5.74) is 6.00. The van der Waals surface area contributed by atoms with E-state index in [2.05, 4.69) is 10.0 Å². The van der Waals surface area contributed by atoms with Crippen LogP contribution >= 0.6 is 12.2 Å². The van der Waals surface area contributed by atoms with Crippen LogP contribution in [0.5, 0.6) is 0 Å². The van der Waals surface area contributed by atoms with Crippen LogP contribution in [0.2, 0.25) is 0 Å². The van der Waals surface area contributed by atoms with Crippen molar-refractivity contribution in [3.63, 3.8) is 0 Å². The Morgan fingerprint density at radius 1 is 1.32 bits per heavy atom. The van der Waals surface area contributed by atoms with Crippen LogP contribution in [0.15, 0.2) is 29.2 Å². The summed E-state index contributed by atoms with van der Waals surface area (Å²) < 4.78 is 25.9. The molecule has 0 unspecified atom stereocenters. The van der Waals surface area contributed by atoms with Crippen molar-refractivity contribution in [1.82, 2.24) is 10.0 Å². The standard InChI is InChI=1S/C11H15N3O3S2/c1-2-13-10(15)7-14-19(16,17)9-5-3-8(4-6-9)11(12)18/h3-6,14H,2,7H2,1H3,(H2,12,18)(H,13,15). The van der Waals surface area contributed by atoms with Gasteiger partial charge in [-0.3, -0.25) is 4.79 Å². The molecule has 0 bridgehead atoms. The largest absolute Gasteiger partial charge is 0.389 e. The third kappa shape index (κ3) is 4.58. The molecule has 1 aromatic carbocycles. The summed E-state index contributed by atoms with van der Waals surface area (Å²) in [6.07, 6.45) is 0. The molecule has 0 spiro atoms. The number of likely N-dealkylation sites (N-methyl/N-ethyl adjacent to an activating group) is 1. The molecule has 1 amide bonds. The number of benzene rings is 1. The fourth-order valence-corrected chi connectivity index (χ4v) is 2.42. The molecule has 0 heterocycles. The molecular weight excluding hydrogens is 286 g/mol. The van der Waals surface area contributed by atoms with Crippen molar-refractivity contribution in [3.05, 3.63) is 29.8 Å². The van der Waals surface area contributed by atoms with Crippen LogP contribution in [0.3, 0.4) is 0 Å². The SMILES string of the molecule is CCNC(=O)CNS(=O)(=O)c1ccc(C(N)=S)cc1. The highest BCUT2D eigenvalue weighted by Gasteiger charge is 2.15. The lowest BCUT2D eigenvalue weighted by molar-refractivity contribution is -0.119. The minimum atomic E-state index is -3.71. The maximum Gasteiger partial charge on any atom is 0.241 e. The summed E-state index contributed by atoms with van der Waals surface area (Å²) in [5, 5.41) is 2.49. The fourth-order valence-electron chi connectivity index (χ4n) is 1.30. The van der Waals surface area contributed by atoms with Crippen molar-refractivity contribution < 1.29 is 13.2 Å². The molecule has 104 valence electrons. The quantitative estimate of drug-likeness (QED) is 0.628. The van der Waals surface area contributed by atoms with E-state index in [0.29, 0.717) is 12.1 Å². The second kappa shape index (κ2) is 6.60. The minimum absolute atomic E-state index is 0.0526. The van der Waals surface area contributed by atoms with Crippen molar-refractivity contribution in [3.8, 4) is 0 Å². The third-order valence-electron chi connectivity index (χ3n) is 2.25. The molecule has 0 saturated carbocycles. The van der Waals surface area contributed by atoms with Crippen LogP contribution < -0.4 is 15.8 Å². The van der Waals surface area contributed by atoms with Crippen LogP contribution in [-0.4, -0.2) is 32.4 Å². The molecule has 4 N–H and O–H groups in total. The zero-order valence-electron chi connectivity index (χ0n) is 10.3. The van der Waals surface area contributed by atoms with E-state index in [-0.39, 0.29) is 22.3 Å². The van der Waals surface area contributed by atoms with Crippen LogP contribution in [0.25, 0.3) is 0 Å². The molecule has 1 aromatic rings. The van der Waals surface area contributed by atoms with Crippen molar-refractivity contribution in [2.45, 2.75) is 11.8 Å². The average Bonchev–Trinajstić information content (AvgIpc) is 2.37. The Kier molecular flexibility index (Phi) is 5.40. The number of nitrogens with two attached hydrogens (primary N) is 1. The Labute approximate surface area is 117 Å². The van der Waals surface area contributed by atoms with E-state index in [4.69, 9.17) is 18.0 Å². The van der Waals surface area contributed by atoms with Crippen molar-refractivity contribution in [2.75, 3.05) is 13.1 Å². The first kappa shape index (κ1) is 15.5. The zero-order valence-corrected chi connectivity index (χ0v) is 12.0. The van der Waals surface area contributed by atoms with Gasteiger partial charge in [-0.05, 0) is 19.1 Å². The Morgan fingerprint density at radius 3 is 2.37 bits per heavy atom. The van der Waals surface area contributed by atoms with Gasteiger partial charge in [-0.2, -0.15) is 0 Å². The molecular formula is C11H15N3O3S2. The average molecular weight is 301 g/mol. The molecule has 6 nitrogen and oxygen atoms in total. The lowest BCUT2D eigenvalue weighted by Crippen LogP contribution is -2.36. The second-order valence-corrected chi connectivity index (χ2v) is 5.87. The molecule has 0 aliphatic heterocycles. The normalized spacial score (nSPS) is 11.0. The Morgan fingerprint density at radius 2 is 1.89 bits per heavy atom. The van der Waals surface area contributed by atoms with Crippen molar-refractivity contribution in [1.29, 1.82) is 0 Å². The van der Waals surface area contributed by atoms with Gasteiger partial charge < -0.3 is 11.1 Å². The van der Waals surface area contributed by atoms with E-state index < -0.39 is 10.0 Å². The molecule has 0 fully saturated rings. The highest BCUT2D eigenvalue weighted by Crippen LogP contribution is 2.10. The summed E-state index contributed by atoms with van der Waals surface area (Å²) in [4.78, 5) is 11.4. The predicted molar refractivity (Wildman–Crippen MR) is 76.2 cm³/mol. The number of amides is 1. The number of carbonyl (C=O) groups excluding carboxylic acids is 1. The van der Waals surface area contributed by atoms with E-state index in [0.717, 1.165) is 0 Å². The van der Waals surface area contributed by atoms with Crippen LogP contribution in [-0.2, 0) is 14.8 Å². The Hall–Kier alpha value is -1.51. The highest BCUT2D eigenvalue weighted by molar-refractivity contribution is 7.89. The third-order valence-corrected chi connectivity index (χ3v) is 3.90. The predicted octanol–water partition coefficient (Wildman–Crippen LogP) is -0.265. The van der Waals surface area contributed by atoms with Gasteiger partial charge in [0.15, 0.2) is 0 Å². The number of thiocarbonyl (C=S) groups is 1. The van der Waals surface area contributed by atoms with Crippen LogP contribution in [0.4, 0.5) is 0 Å². The maximum atomic E-state index is 11.9. The first-order valence-electron chi connectivity index (χ1n) is 5.53. The van der Waals surface area contributed by atoms with Crippen molar-refractivity contribution >= 4 is 33.1 Å². The number of hydrogen-bond acceptors (Lipinski definition) is 4. The van der Waals surface area contributed by atoms with Gasteiger partial charge in [0.05, 0.1) is 11.4 Å². The lowest BCUT2D eigenvalue weighted by atomic mass is 10.2. The number of hydrogen-bond donors (Lipinski definition) is 3. The molecule has 0 saturated heterocycles. The topological polar surface area (TPSA) is 101 Å². The highest BCUT2D eigenvalue weighted by atomic mass is 32.2. The minimum Gasteiger partial charge on any atom is -0.389 e. The first-order chi connectivity index (χ1) is 8.86. The molecule has 0 aromatic heterocycles. The first-order valence-corrected chi connectivity index (χ1v) is 7.42. The summed E-state index contributed by atoms with van der Waals surface area (Å²) in [6, 6.07) is 5.80. The number of carbonyl (C=O) groups is 1. The van der Waals surface area contributed by atoms with Crippen LogP contribution in [0, 0.1) is 0 Å². The van der Waals surface area contributed by atoms with Gasteiger partial charge >= 0.3 is 0 Å². The summed E-state index contributed by atoms with van der Waals surface area (Å²) in [6.45, 7) is 1.90. The summed E-state index contributed by atoms with van der Waals surface area (Å²) in [5.74, 6) is -0.383. The Balaban J connectivity index is 2.77. The van der Waals surface area contributed by atoms with Crippen LogP contribution in [0.1, 0.15) is 12.5 Å². The molecule has 8 heteroatoms. The van der Waals surface area contributed by atoms with Crippen molar-refractivity contribution in [2.24, 2.45) is 5.73 Å². The van der Waals surface area contributed by atoms with Gasteiger partial charge in [0, 0.05) is 12.1 Å². The number of nitrogens with one attached hydrogen (secondary N) is 2.